The number of carbonyl (C=O) groups is 1. The molecule has 21 heavy (non-hydrogen) atoms. The first-order valence-corrected chi connectivity index (χ1v) is 9.70. The molecule has 0 amide bonds. The summed E-state index contributed by atoms with van der Waals surface area (Å²) >= 11 is 3.46. The second kappa shape index (κ2) is 5.72. The summed E-state index contributed by atoms with van der Waals surface area (Å²) in [7, 11) is -2.91. The molecule has 1 aromatic carbocycles. The van der Waals surface area contributed by atoms with Crippen molar-refractivity contribution in [3.8, 4) is 5.75 Å². The molecule has 1 atom stereocenters. The van der Waals surface area contributed by atoms with E-state index in [2.05, 4.69) is 15.9 Å². The van der Waals surface area contributed by atoms with E-state index in [9.17, 15) is 13.2 Å². The molecule has 2 aliphatic heterocycles. The number of sulfone groups is 1. The Labute approximate surface area is 132 Å². The van der Waals surface area contributed by atoms with Crippen molar-refractivity contribution in [2.75, 3.05) is 18.1 Å². The van der Waals surface area contributed by atoms with Gasteiger partial charge in [-0.3, -0.25) is 4.79 Å². The van der Waals surface area contributed by atoms with Crippen molar-refractivity contribution in [3.05, 3.63) is 27.7 Å². The lowest BCUT2D eigenvalue weighted by atomic mass is 9.96. The minimum Gasteiger partial charge on any atom is -0.493 e. The molecular formula is C15H17BrO4S. The molecule has 0 radical (unpaired) electrons. The molecule has 1 saturated heterocycles. The quantitative estimate of drug-likeness (QED) is 0.813. The van der Waals surface area contributed by atoms with Crippen molar-refractivity contribution in [1.82, 2.24) is 0 Å². The molecule has 1 unspecified atom stereocenters. The standard InChI is InChI=1S/C15H17BrO4S/c16-13-6-11-1-3-20-15(11)12(7-13)8-14(17)5-10-2-4-21(18,19)9-10/h6-7,10H,1-5,8-9H2. The molecule has 2 aliphatic rings. The van der Waals surface area contributed by atoms with E-state index in [1.54, 1.807) is 0 Å². The first kappa shape index (κ1) is 15.0. The summed E-state index contributed by atoms with van der Waals surface area (Å²) in [4.78, 5) is 12.2. The van der Waals surface area contributed by atoms with Crippen LogP contribution >= 0.6 is 15.9 Å². The van der Waals surface area contributed by atoms with Crippen LogP contribution < -0.4 is 4.74 Å². The fourth-order valence-corrected chi connectivity index (χ4v) is 5.53. The number of halogens is 1. The lowest BCUT2D eigenvalue weighted by molar-refractivity contribution is -0.119. The summed E-state index contributed by atoms with van der Waals surface area (Å²) < 4.78 is 29.5. The predicted octanol–water partition coefficient (Wildman–Crippen LogP) is 2.32. The number of hydrogen-bond acceptors (Lipinski definition) is 4. The Hall–Kier alpha value is -0.880. The van der Waals surface area contributed by atoms with E-state index in [0.29, 0.717) is 25.9 Å². The molecule has 1 fully saturated rings. The second-order valence-corrected chi connectivity index (χ2v) is 8.98. The average molecular weight is 373 g/mol. The third kappa shape index (κ3) is 3.48. The van der Waals surface area contributed by atoms with E-state index in [1.807, 2.05) is 12.1 Å². The van der Waals surface area contributed by atoms with Gasteiger partial charge in [0.2, 0.25) is 0 Å². The van der Waals surface area contributed by atoms with Crippen molar-refractivity contribution in [2.45, 2.75) is 25.7 Å². The molecule has 114 valence electrons. The SMILES string of the molecule is O=C(Cc1cc(Br)cc2c1OCC2)CC1CCS(=O)(=O)C1. The maximum atomic E-state index is 12.2. The molecule has 0 N–H and O–H groups in total. The lowest BCUT2D eigenvalue weighted by Gasteiger charge is -2.10. The number of ether oxygens (including phenoxy) is 1. The van der Waals surface area contributed by atoms with E-state index in [-0.39, 0.29) is 23.2 Å². The number of Topliss-reactive ketones (excluding diaryl/α,β-unsaturated/α-hetero) is 1. The van der Waals surface area contributed by atoms with Crippen LogP contribution in [0.5, 0.6) is 5.75 Å². The Morgan fingerprint density at radius 3 is 2.90 bits per heavy atom. The van der Waals surface area contributed by atoms with Crippen LogP contribution in [0.4, 0.5) is 0 Å². The maximum Gasteiger partial charge on any atom is 0.150 e. The number of hydrogen-bond donors (Lipinski definition) is 0. The zero-order chi connectivity index (χ0) is 15.0. The minimum atomic E-state index is -2.91. The fourth-order valence-electron chi connectivity index (χ4n) is 3.12. The summed E-state index contributed by atoms with van der Waals surface area (Å²) in [5, 5.41) is 0. The van der Waals surface area contributed by atoms with Gasteiger partial charge >= 0.3 is 0 Å². The van der Waals surface area contributed by atoms with Crippen LogP contribution in [0, 0.1) is 5.92 Å². The Balaban J connectivity index is 1.68. The molecule has 0 saturated carbocycles. The summed E-state index contributed by atoms with van der Waals surface area (Å²) in [5.41, 5.74) is 2.04. The van der Waals surface area contributed by atoms with Crippen LogP contribution in [0.2, 0.25) is 0 Å². The summed E-state index contributed by atoms with van der Waals surface area (Å²) in [5.74, 6) is 1.30. The molecule has 6 heteroatoms. The second-order valence-electron chi connectivity index (χ2n) is 5.84. The molecule has 0 aromatic heterocycles. The maximum absolute atomic E-state index is 12.2. The van der Waals surface area contributed by atoms with E-state index in [1.165, 1.54) is 0 Å². The number of carbonyl (C=O) groups excluding carboxylic acids is 1. The van der Waals surface area contributed by atoms with Crippen LogP contribution in [-0.2, 0) is 27.5 Å². The third-order valence-electron chi connectivity index (χ3n) is 4.06. The Kier molecular flexibility index (Phi) is 4.10. The Morgan fingerprint density at radius 1 is 1.38 bits per heavy atom. The van der Waals surface area contributed by atoms with Gasteiger partial charge in [-0.05, 0) is 30.0 Å². The van der Waals surface area contributed by atoms with E-state index in [4.69, 9.17) is 4.74 Å². The van der Waals surface area contributed by atoms with Crippen LogP contribution in [0.25, 0.3) is 0 Å². The number of ketones is 1. The monoisotopic (exact) mass is 372 g/mol. The highest BCUT2D eigenvalue weighted by atomic mass is 79.9. The molecule has 0 bridgehead atoms. The minimum absolute atomic E-state index is 0.0105. The summed E-state index contributed by atoms with van der Waals surface area (Å²) in [6.45, 7) is 0.661. The van der Waals surface area contributed by atoms with Gasteiger partial charge in [0.15, 0.2) is 9.84 Å². The number of benzene rings is 1. The molecule has 1 aromatic rings. The van der Waals surface area contributed by atoms with Gasteiger partial charge in [-0.15, -0.1) is 0 Å². The first-order chi connectivity index (χ1) is 9.93. The highest BCUT2D eigenvalue weighted by Gasteiger charge is 2.29. The molecule has 3 rings (SSSR count). The van der Waals surface area contributed by atoms with Gasteiger partial charge in [0.05, 0.1) is 18.1 Å². The Bertz CT molecular complexity index is 681. The van der Waals surface area contributed by atoms with Crippen LogP contribution in [-0.4, -0.2) is 32.3 Å². The van der Waals surface area contributed by atoms with E-state index in [0.717, 1.165) is 27.8 Å². The van der Waals surface area contributed by atoms with Crippen molar-refractivity contribution < 1.29 is 17.9 Å². The van der Waals surface area contributed by atoms with Crippen LogP contribution in [0.15, 0.2) is 16.6 Å². The zero-order valence-electron chi connectivity index (χ0n) is 11.6. The first-order valence-electron chi connectivity index (χ1n) is 7.09. The molecule has 0 aliphatic carbocycles. The van der Waals surface area contributed by atoms with Gasteiger partial charge in [-0.1, -0.05) is 15.9 Å². The zero-order valence-corrected chi connectivity index (χ0v) is 14.0. The summed E-state index contributed by atoms with van der Waals surface area (Å²) in [6, 6.07) is 3.95. The van der Waals surface area contributed by atoms with Gasteiger partial charge in [0.25, 0.3) is 0 Å². The van der Waals surface area contributed by atoms with Crippen molar-refractivity contribution in [1.29, 1.82) is 0 Å². The highest BCUT2D eigenvalue weighted by molar-refractivity contribution is 9.10. The largest absolute Gasteiger partial charge is 0.493 e. The molecule has 4 nitrogen and oxygen atoms in total. The van der Waals surface area contributed by atoms with Crippen molar-refractivity contribution in [2.24, 2.45) is 5.92 Å². The van der Waals surface area contributed by atoms with Gasteiger partial charge in [0.1, 0.15) is 11.5 Å². The van der Waals surface area contributed by atoms with Gasteiger partial charge < -0.3 is 4.74 Å². The van der Waals surface area contributed by atoms with Crippen LogP contribution in [0.3, 0.4) is 0 Å². The molecule has 0 spiro atoms. The Morgan fingerprint density at radius 2 is 2.19 bits per heavy atom. The normalized spacial score (nSPS) is 22.8. The van der Waals surface area contributed by atoms with Gasteiger partial charge in [-0.25, -0.2) is 8.42 Å². The number of fused-ring (bicyclic) bond motifs is 1. The van der Waals surface area contributed by atoms with Gasteiger partial charge in [0, 0.05) is 29.3 Å². The molecule has 2 heterocycles. The van der Waals surface area contributed by atoms with Crippen molar-refractivity contribution >= 4 is 31.6 Å². The van der Waals surface area contributed by atoms with Gasteiger partial charge in [-0.2, -0.15) is 0 Å². The summed E-state index contributed by atoms with van der Waals surface area (Å²) in [6.07, 6.45) is 2.15. The highest BCUT2D eigenvalue weighted by Crippen LogP contribution is 2.34. The fraction of sp³-hybridized carbons (Fsp3) is 0.533. The van der Waals surface area contributed by atoms with Crippen LogP contribution in [0.1, 0.15) is 24.0 Å². The van der Waals surface area contributed by atoms with Crippen molar-refractivity contribution in [3.63, 3.8) is 0 Å². The van der Waals surface area contributed by atoms with E-state index >= 15 is 0 Å². The topological polar surface area (TPSA) is 60.4 Å². The average Bonchev–Trinajstić information content (AvgIpc) is 2.95. The number of rotatable bonds is 4. The molecular weight excluding hydrogens is 356 g/mol. The smallest absolute Gasteiger partial charge is 0.150 e. The van der Waals surface area contributed by atoms with E-state index < -0.39 is 9.84 Å². The third-order valence-corrected chi connectivity index (χ3v) is 6.35. The predicted molar refractivity (Wildman–Crippen MR) is 83.4 cm³/mol. The lowest BCUT2D eigenvalue weighted by Crippen LogP contribution is -2.12.